The van der Waals surface area contributed by atoms with Crippen molar-refractivity contribution in [2.75, 3.05) is 0 Å². The van der Waals surface area contributed by atoms with Crippen LogP contribution < -0.4 is 27.0 Å². The first-order valence-electron chi connectivity index (χ1n) is 14.1. The van der Waals surface area contributed by atoms with Crippen LogP contribution in [0.2, 0.25) is 0 Å². The normalized spacial score (nSPS) is 13.8. The molecule has 0 spiro atoms. The highest BCUT2D eigenvalue weighted by Gasteiger charge is 2.32. The van der Waals surface area contributed by atoms with E-state index in [1.807, 2.05) is 5.32 Å². The van der Waals surface area contributed by atoms with Gasteiger partial charge in [-0.1, -0.05) is 0 Å². The fraction of sp³-hybridized carbons (Fsp3) is 0.615. The number of carbonyl (C=O) groups is 10. The second-order valence-electron chi connectivity index (χ2n) is 10.2. The van der Waals surface area contributed by atoms with Crippen LogP contribution in [0.25, 0.3) is 0 Å². The van der Waals surface area contributed by atoms with Gasteiger partial charge in [0.1, 0.15) is 24.2 Å². The first-order valence-corrected chi connectivity index (χ1v) is 14.1. The maximum atomic E-state index is 13.2. The van der Waals surface area contributed by atoms with Crippen LogP contribution in [0, 0.1) is 0 Å². The van der Waals surface area contributed by atoms with Crippen molar-refractivity contribution in [3.8, 4) is 0 Å². The monoisotopic (exact) mass is 677 g/mol. The second-order valence-corrected chi connectivity index (χ2v) is 10.2. The van der Waals surface area contributed by atoms with E-state index < -0.39 is 141 Å². The number of nitrogens with one attached hydrogen (secondary N) is 4. The van der Waals surface area contributed by atoms with Crippen molar-refractivity contribution in [2.24, 2.45) is 5.73 Å². The van der Waals surface area contributed by atoms with Crippen molar-refractivity contribution in [1.29, 1.82) is 0 Å². The highest BCUT2D eigenvalue weighted by molar-refractivity contribution is 5.96. The van der Waals surface area contributed by atoms with Gasteiger partial charge < -0.3 is 57.6 Å². The lowest BCUT2D eigenvalue weighted by molar-refractivity contribution is -0.144. The Morgan fingerprint density at radius 1 is 0.404 bits per heavy atom. The summed E-state index contributed by atoms with van der Waals surface area (Å²) < 4.78 is 0. The molecule has 0 fully saturated rings. The summed E-state index contributed by atoms with van der Waals surface area (Å²) in [5, 5.41) is 62.6. The number of rotatable bonds is 25. The van der Waals surface area contributed by atoms with Crippen molar-refractivity contribution in [3.63, 3.8) is 0 Å². The molecule has 0 bridgehead atoms. The van der Waals surface area contributed by atoms with E-state index in [1.165, 1.54) is 0 Å². The lowest BCUT2D eigenvalue weighted by Gasteiger charge is -2.26. The number of hydrogen-bond donors (Lipinski definition) is 11. The molecule has 264 valence electrons. The number of amides is 4. The molecule has 0 radical (unpaired) electrons. The fourth-order valence-electron chi connectivity index (χ4n) is 3.83. The summed E-state index contributed by atoms with van der Waals surface area (Å²) in [5.41, 5.74) is 5.66. The maximum absolute atomic E-state index is 13.2. The zero-order valence-electron chi connectivity index (χ0n) is 25.0. The average molecular weight is 678 g/mol. The number of aliphatic carboxylic acids is 6. The lowest BCUT2D eigenvalue weighted by Crippen LogP contribution is -2.58. The molecule has 21 nitrogen and oxygen atoms in total. The lowest BCUT2D eigenvalue weighted by atomic mass is 10.0. The molecule has 47 heavy (non-hydrogen) atoms. The molecule has 0 rings (SSSR count). The minimum Gasteiger partial charge on any atom is -0.481 e. The van der Waals surface area contributed by atoms with Gasteiger partial charge in [0.2, 0.25) is 23.6 Å². The molecule has 4 amide bonds. The van der Waals surface area contributed by atoms with Gasteiger partial charge in [0.15, 0.2) is 0 Å². The third kappa shape index (κ3) is 18.9. The summed E-state index contributed by atoms with van der Waals surface area (Å²) in [6.45, 7) is 0. The van der Waals surface area contributed by atoms with Gasteiger partial charge in [0.25, 0.3) is 0 Å². The molecule has 0 aliphatic rings. The summed E-state index contributed by atoms with van der Waals surface area (Å²) in [7, 11) is 0. The number of carbonyl (C=O) groups excluding carboxylic acids is 4. The second kappa shape index (κ2) is 21.4. The molecule has 0 aromatic carbocycles. The molecule has 0 unspecified atom stereocenters. The first kappa shape index (κ1) is 41.7. The van der Waals surface area contributed by atoms with Crippen LogP contribution in [0.5, 0.6) is 0 Å². The van der Waals surface area contributed by atoms with Crippen molar-refractivity contribution in [2.45, 2.75) is 101 Å². The van der Waals surface area contributed by atoms with Crippen LogP contribution in [0.4, 0.5) is 0 Å². The predicted molar refractivity (Wildman–Crippen MR) is 152 cm³/mol. The van der Waals surface area contributed by atoms with Crippen LogP contribution in [-0.4, -0.2) is 120 Å². The van der Waals surface area contributed by atoms with Crippen molar-refractivity contribution in [1.82, 2.24) is 21.3 Å². The third-order valence-electron chi connectivity index (χ3n) is 6.34. The van der Waals surface area contributed by atoms with Gasteiger partial charge in [-0.05, 0) is 38.5 Å². The van der Waals surface area contributed by atoms with E-state index in [2.05, 4.69) is 16.0 Å². The Morgan fingerprint density at radius 2 is 0.702 bits per heavy atom. The number of nitrogens with two attached hydrogens (primary N) is 1. The Balaban J connectivity index is 6.09. The quantitative estimate of drug-likeness (QED) is 0.0460. The molecule has 12 N–H and O–H groups in total. The Labute approximate surface area is 266 Å². The summed E-state index contributed by atoms with van der Waals surface area (Å²) in [5.74, 6) is -12.9. The number of carboxylic acids is 6. The van der Waals surface area contributed by atoms with E-state index in [4.69, 9.17) is 31.3 Å². The Bertz CT molecular complexity index is 1190. The Morgan fingerprint density at radius 3 is 1.06 bits per heavy atom. The zero-order chi connectivity index (χ0) is 36.3. The molecule has 21 heteroatoms. The molecule has 0 saturated heterocycles. The molecule has 0 aliphatic carbocycles. The van der Waals surface area contributed by atoms with Gasteiger partial charge in [-0.2, -0.15) is 0 Å². The molecule has 0 heterocycles. The van der Waals surface area contributed by atoms with Crippen LogP contribution in [0.3, 0.4) is 0 Å². The van der Waals surface area contributed by atoms with Crippen LogP contribution in [0.1, 0.15) is 70.6 Å². The van der Waals surface area contributed by atoms with Crippen molar-refractivity contribution < 1.29 is 78.6 Å². The molecule has 0 aromatic rings. The van der Waals surface area contributed by atoms with E-state index >= 15 is 0 Å². The highest BCUT2D eigenvalue weighted by Crippen LogP contribution is 2.08. The topological polar surface area (TPSA) is 366 Å². The van der Waals surface area contributed by atoms with Gasteiger partial charge in [0, 0.05) is 32.1 Å². The summed E-state index contributed by atoms with van der Waals surface area (Å²) in [6.07, 6.45) is -5.66. The first-order chi connectivity index (χ1) is 21.8. The number of hydrogen-bond acceptors (Lipinski definition) is 11. The van der Waals surface area contributed by atoms with Gasteiger partial charge in [-0.3, -0.25) is 43.2 Å². The molecule has 0 aliphatic heterocycles. The molecule has 5 atom stereocenters. The molecular weight excluding hydrogens is 638 g/mol. The number of carboxylic acid groups (broad SMARTS) is 6. The van der Waals surface area contributed by atoms with Gasteiger partial charge in [-0.25, -0.2) is 4.79 Å². The summed E-state index contributed by atoms with van der Waals surface area (Å²) in [6, 6.07) is -8.20. The molecule has 0 aromatic heterocycles. The van der Waals surface area contributed by atoms with Crippen molar-refractivity contribution in [3.05, 3.63) is 0 Å². The van der Waals surface area contributed by atoms with Crippen LogP contribution >= 0.6 is 0 Å². The van der Waals surface area contributed by atoms with E-state index in [0.29, 0.717) is 0 Å². The largest absolute Gasteiger partial charge is 0.481 e. The van der Waals surface area contributed by atoms with E-state index in [1.54, 1.807) is 0 Å². The zero-order valence-corrected chi connectivity index (χ0v) is 25.0. The van der Waals surface area contributed by atoms with Gasteiger partial charge in [0.05, 0.1) is 6.04 Å². The molecule has 0 saturated carbocycles. The smallest absolute Gasteiger partial charge is 0.326 e. The summed E-state index contributed by atoms with van der Waals surface area (Å²) in [4.78, 5) is 118. The Hall–Kier alpha value is -5.34. The average Bonchev–Trinajstić information content (AvgIpc) is 2.96. The molecular formula is C26H39N5O16. The van der Waals surface area contributed by atoms with Crippen LogP contribution in [-0.2, 0) is 47.9 Å². The minimum absolute atomic E-state index is 0.173. The third-order valence-corrected chi connectivity index (χ3v) is 6.34. The van der Waals surface area contributed by atoms with E-state index in [9.17, 15) is 53.1 Å². The maximum Gasteiger partial charge on any atom is 0.326 e. The van der Waals surface area contributed by atoms with Gasteiger partial charge in [-0.15, -0.1) is 0 Å². The summed E-state index contributed by atoms with van der Waals surface area (Å²) >= 11 is 0. The van der Waals surface area contributed by atoms with Crippen LogP contribution in [0.15, 0.2) is 0 Å². The Kier molecular flexibility index (Phi) is 19.0. The predicted octanol–water partition coefficient (Wildman–Crippen LogP) is -2.95. The SMILES string of the molecule is N[C@H](CCC(=O)O)C(=O)N[C@H](CCCC(=O)O)C(=O)N[C@H](CCC(=O)O)C(=O)N[C@H](CCC(=O)O)C(=O)N[C@H](CCC(=O)O)C(=O)O. The minimum atomic E-state index is -1.76. The van der Waals surface area contributed by atoms with Crippen molar-refractivity contribution >= 4 is 59.4 Å². The standard InChI is InChI=1S/C26H39N5O16/c27-12(4-8-18(34)35)22(42)28-13(2-1-3-17(32)33)23(43)29-14(5-9-19(36)37)24(44)30-15(6-10-20(38)39)25(45)31-16(26(46)47)7-11-21(40)41/h12-16H,1-11,27H2,(H,28,42)(H,29,43)(H,30,44)(H,31,45)(H,32,33)(H,34,35)(H,36,37)(H,38,39)(H,40,41)(H,46,47)/t12-,13-,14-,15-,16-/m1/s1. The van der Waals surface area contributed by atoms with E-state index in [-0.39, 0.29) is 19.3 Å². The van der Waals surface area contributed by atoms with E-state index in [0.717, 1.165) is 0 Å². The fourth-order valence-corrected chi connectivity index (χ4v) is 3.83. The highest BCUT2D eigenvalue weighted by atomic mass is 16.4. The van der Waals surface area contributed by atoms with Gasteiger partial charge >= 0.3 is 35.8 Å².